The zero-order chi connectivity index (χ0) is 24.2. The van der Waals surface area contributed by atoms with Gasteiger partial charge in [0.05, 0.1) is 6.61 Å². The van der Waals surface area contributed by atoms with Gasteiger partial charge in [-0.25, -0.2) is 4.39 Å². The predicted octanol–water partition coefficient (Wildman–Crippen LogP) is 10.1. The lowest BCUT2D eigenvalue weighted by atomic mass is 9.68. The van der Waals surface area contributed by atoms with Crippen molar-refractivity contribution >= 4 is 0 Å². The number of allylic oxidation sites excluding steroid dienone is 2. The third kappa shape index (κ3) is 8.09. The minimum Gasteiger partial charge on any atom is -0.490 e. The molecule has 0 unspecified atom stereocenters. The summed E-state index contributed by atoms with van der Waals surface area (Å²) >= 11 is 0. The van der Waals surface area contributed by atoms with Crippen molar-refractivity contribution in [2.45, 2.75) is 122 Å². The average molecular weight is 475 g/mol. The molecule has 0 aromatic heterocycles. The van der Waals surface area contributed by atoms with Gasteiger partial charge in [0.15, 0.2) is 11.6 Å². The highest BCUT2D eigenvalue weighted by Gasteiger charge is 2.32. The molecule has 0 heterocycles. The summed E-state index contributed by atoms with van der Waals surface area (Å²) in [6.07, 6.45) is 23.7. The van der Waals surface area contributed by atoms with Crippen LogP contribution in [-0.4, -0.2) is 6.61 Å². The van der Waals surface area contributed by atoms with Gasteiger partial charge in [0.25, 0.3) is 0 Å². The summed E-state index contributed by atoms with van der Waals surface area (Å²) in [5.74, 6) is 1.29. The van der Waals surface area contributed by atoms with Crippen LogP contribution in [0.2, 0.25) is 0 Å². The molecule has 0 amide bonds. The van der Waals surface area contributed by atoms with Crippen molar-refractivity contribution < 1.29 is 13.5 Å². The molecule has 0 radical (unpaired) electrons. The van der Waals surface area contributed by atoms with E-state index in [1.54, 1.807) is 12.1 Å². The van der Waals surface area contributed by atoms with Gasteiger partial charge in [-0.2, -0.15) is 4.39 Å². The Morgan fingerprint density at radius 3 is 2.15 bits per heavy atom. The number of ether oxygens (including phenoxy) is 1. The van der Waals surface area contributed by atoms with Gasteiger partial charge in [-0.05, 0) is 100 Å². The number of benzene rings is 1. The molecule has 3 rings (SSSR count). The predicted molar refractivity (Wildman–Crippen MR) is 139 cm³/mol. The van der Waals surface area contributed by atoms with Crippen molar-refractivity contribution in [1.82, 2.24) is 0 Å². The summed E-state index contributed by atoms with van der Waals surface area (Å²) in [5, 5.41) is 0. The van der Waals surface area contributed by atoms with Crippen LogP contribution >= 0.6 is 0 Å². The first-order valence-corrected chi connectivity index (χ1v) is 14.4. The van der Waals surface area contributed by atoms with Gasteiger partial charge in [0.2, 0.25) is 5.82 Å². The van der Waals surface area contributed by atoms with Crippen molar-refractivity contribution in [2.75, 3.05) is 6.61 Å². The third-order valence-corrected chi connectivity index (χ3v) is 8.58. The van der Waals surface area contributed by atoms with Crippen molar-refractivity contribution in [1.29, 1.82) is 0 Å². The van der Waals surface area contributed by atoms with E-state index in [2.05, 4.69) is 26.0 Å². The smallest absolute Gasteiger partial charge is 0.200 e. The molecule has 0 spiro atoms. The Bertz CT molecular complexity index is 727. The lowest BCUT2D eigenvalue weighted by molar-refractivity contribution is 0.156. The Labute approximate surface area is 207 Å². The Morgan fingerprint density at radius 2 is 1.47 bits per heavy atom. The van der Waals surface area contributed by atoms with Gasteiger partial charge in [0, 0.05) is 0 Å². The van der Waals surface area contributed by atoms with Crippen LogP contribution in [0.3, 0.4) is 0 Å². The first kappa shape index (κ1) is 27.2. The molecule has 0 atom stereocenters. The van der Waals surface area contributed by atoms with E-state index in [4.69, 9.17) is 4.74 Å². The second-order valence-electron chi connectivity index (χ2n) is 10.9. The molecule has 0 bridgehead atoms. The molecule has 2 aliphatic rings. The maximum atomic E-state index is 14.9. The average Bonchev–Trinajstić information content (AvgIpc) is 2.87. The van der Waals surface area contributed by atoms with E-state index in [0.717, 1.165) is 56.3 Å². The third-order valence-electron chi connectivity index (χ3n) is 8.58. The lowest BCUT2D eigenvalue weighted by Crippen LogP contribution is -2.25. The van der Waals surface area contributed by atoms with Crippen molar-refractivity contribution in [3.63, 3.8) is 0 Å². The van der Waals surface area contributed by atoms with Crippen LogP contribution < -0.4 is 4.74 Å². The fraction of sp³-hybridized carbons (Fsp3) is 0.742. The normalized spacial score (nSPS) is 25.6. The molecule has 1 nitrogen and oxygen atoms in total. The number of halogens is 2. The summed E-state index contributed by atoms with van der Waals surface area (Å²) in [7, 11) is 0. The van der Waals surface area contributed by atoms with E-state index >= 15 is 0 Å². The summed E-state index contributed by atoms with van der Waals surface area (Å²) in [6, 6.07) is 3.45. The highest BCUT2D eigenvalue weighted by molar-refractivity contribution is 5.33. The molecule has 1 aromatic carbocycles. The molecular weight excluding hydrogens is 426 g/mol. The first-order chi connectivity index (χ1) is 16.6. The molecule has 0 aliphatic heterocycles. The van der Waals surface area contributed by atoms with Crippen LogP contribution in [-0.2, 0) is 0 Å². The van der Waals surface area contributed by atoms with E-state index in [-0.39, 0.29) is 11.7 Å². The molecule has 3 heteroatoms. The summed E-state index contributed by atoms with van der Waals surface area (Å²) in [5.41, 5.74) is 0.565. The molecule has 192 valence electrons. The quantitative estimate of drug-likeness (QED) is 0.204. The van der Waals surface area contributed by atoms with Crippen molar-refractivity contribution in [3.05, 3.63) is 41.5 Å². The monoisotopic (exact) mass is 474 g/mol. The summed E-state index contributed by atoms with van der Waals surface area (Å²) < 4.78 is 35.2. The molecular formula is C31H48F2O. The highest BCUT2D eigenvalue weighted by atomic mass is 19.2. The Kier molecular flexibility index (Phi) is 11.9. The van der Waals surface area contributed by atoms with Crippen LogP contribution in [0.5, 0.6) is 5.75 Å². The van der Waals surface area contributed by atoms with Crippen molar-refractivity contribution in [3.8, 4) is 5.75 Å². The Balaban J connectivity index is 1.41. The SMILES string of the molecule is C/C=C/CCC1CCC(C2CCC(c3ccc(OCCCCCCCC)c(F)c3F)CC2)CC1. The van der Waals surface area contributed by atoms with E-state index in [1.807, 2.05) is 0 Å². The number of hydrogen-bond acceptors (Lipinski definition) is 1. The Morgan fingerprint density at radius 1 is 0.824 bits per heavy atom. The molecule has 2 fully saturated rings. The Hall–Kier alpha value is -1.38. The van der Waals surface area contributed by atoms with Crippen LogP contribution in [0.1, 0.15) is 128 Å². The van der Waals surface area contributed by atoms with Crippen LogP contribution in [0.4, 0.5) is 8.78 Å². The van der Waals surface area contributed by atoms with Gasteiger partial charge in [-0.1, -0.05) is 70.1 Å². The van der Waals surface area contributed by atoms with Gasteiger partial charge in [-0.3, -0.25) is 0 Å². The first-order valence-electron chi connectivity index (χ1n) is 14.4. The topological polar surface area (TPSA) is 9.23 Å². The molecule has 1 aromatic rings. The van der Waals surface area contributed by atoms with Crippen LogP contribution in [0.15, 0.2) is 24.3 Å². The van der Waals surface area contributed by atoms with E-state index in [9.17, 15) is 8.78 Å². The van der Waals surface area contributed by atoms with E-state index in [1.165, 1.54) is 64.2 Å². The van der Waals surface area contributed by atoms with Gasteiger partial charge >= 0.3 is 0 Å². The van der Waals surface area contributed by atoms with Crippen molar-refractivity contribution in [2.24, 2.45) is 17.8 Å². The zero-order valence-electron chi connectivity index (χ0n) is 21.8. The fourth-order valence-electron chi connectivity index (χ4n) is 6.39. The highest BCUT2D eigenvalue weighted by Crippen LogP contribution is 2.45. The van der Waals surface area contributed by atoms with E-state index < -0.39 is 11.6 Å². The lowest BCUT2D eigenvalue weighted by Gasteiger charge is -2.38. The molecule has 2 aliphatic carbocycles. The fourth-order valence-corrected chi connectivity index (χ4v) is 6.39. The molecule has 2 saturated carbocycles. The standard InChI is InChI=1S/C31H48F2O/c1-3-5-7-8-9-11-23-34-29-22-21-28(30(32)31(29)33)27-19-17-26(18-20-27)25-15-13-24(14-16-25)12-10-6-4-2/h4,6,21-22,24-27H,3,5,7-20,23H2,1-2H3/b6-4+. The number of rotatable bonds is 13. The second kappa shape index (κ2) is 14.9. The maximum Gasteiger partial charge on any atom is 0.200 e. The van der Waals surface area contributed by atoms with Gasteiger partial charge in [-0.15, -0.1) is 0 Å². The van der Waals surface area contributed by atoms with Gasteiger partial charge in [0.1, 0.15) is 0 Å². The minimum absolute atomic E-state index is 0.0784. The largest absolute Gasteiger partial charge is 0.490 e. The minimum atomic E-state index is -0.790. The number of hydrogen-bond donors (Lipinski definition) is 0. The summed E-state index contributed by atoms with van der Waals surface area (Å²) in [6.45, 7) is 4.77. The van der Waals surface area contributed by atoms with Crippen LogP contribution in [0.25, 0.3) is 0 Å². The second-order valence-corrected chi connectivity index (χ2v) is 10.9. The molecule has 0 saturated heterocycles. The maximum absolute atomic E-state index is 14.9. The van der Waals surface area contributed by atoms with Gasteiger partial charge < -0.3 is 4.74 Å². The van der Waals surface area contributed by atoms with Crippen LogP contribution in [0, 0.1) is 29.4 Å². The zero-order valence-corrected chi connectivity index (χ0v) is 21.8. The summed E-state index contributed by atoms with van der Waals surface area (Å²) in [4.78, 5) is 0. The molecule has 0 N–H and O–H groups in total. The number of unbranched alkanes of at least 4 members (excludes halogenated alkanes) is 5. The molecule has 34 heavy (non-hydrogen) atoms. The van der Waals surface area contributed by atoms with E-state index in [0.29, 0.717) is 12.2 Å².